The molecular weight excluding hydrogens is 271 g/mol. The lowest BCUT2D eigenvalue weighted by Crippen LogP contribution is -2.40. The van der Waals surface area contributed by atoms with Crippen LogP contribution in [0.15, 0.2) is 12.7 Å². The quantitative estimate of drug-likeness (QED) is 0.551. The van der Waals surface area contributed by atoms with Crippen molar-refractivity contribution < 1.29 is 26.4 Å². The Balaban J connectivity index is 3.89. The maximum absolute atomic E-state index is 11.9. The number of hydrogen-bond acceptors (Lipinski definition) is 3. The third-order valence-corrected chi connectivity index (χ3v) is 3.22. The normalized spacial score (nSPS) is 12.2. The third-order valence-electron chi connectivity index (χ3n) is 2.11. The molecule has 8 heteroatoms. The van der Waals surface area contributed by atoms with Crippen LogP contribution in [0.3, 0.4) is 0 Å². The van der Waals surface area contributed by atoms with Gasteiger partial charge in [-0.15, -0.1) is 6.58 Å². The summed E-state index contributed by atoms with van der Waals surface area (Å²) in [5.74, 6) is -1.13. The molecule has 4 nitrogen and oxygen atoms in total. The van der Waals surface area contributed by atoms with Crippen LogP contribution in [0.1, 0.15) is 38.5 Å². The summed E-state index contributed by atoms with van der Waals surface area (Å²) < 4.78 is 57.9. The number of carbonyl (C=O) groups is 1. The predicted molar refractivity (Wildman–Crippen MR) is 61.0 cm³/mol. The largest absolute Gasteiger partial charge is 0.516 e. The molecule has 0 aliphatic rings. The van der Waals surface area contributed by atoms with Crippen LogP contribution in [-0.4, -0.2) is 19.8 Å². The molecule has 0 fully saturated rings. The van der Waals surface area contributed by atoms with Gasteiger partial charge in [0.1, 0.15) is 0 Å². The van der Waals surface area contributed by atoms with E-state index in [0.717, 1.165) is 24.0 Å². The minimum atomic E-state index is -5.56. The van der Waals surface area contributed by atoms with Gasteiger partial charge in [-0.05, 0) is 19.3 Å². The second-order valence-electron chi connectivity index (χ2n) is 3.72. The minimum Gasteiger partial charge on any atom is -0.274 e. The number of nitrogens with one attached hydrogen (secondary N) is 1. The zero-order valence-corrected chi connectivity index (χ0v) is 10.6. The third kappa shape index (κ3) is 6.63. The van der Waals surface area contributed by atoms with E-state index in [1.165, 1.54) is 0 Å². The Morgan fingerprint density at radius 3 is 2.22 bits per heavy atom. The van der Waals surface area contributed by atoms with Crippen molar-refractivity contribution in [1.29, 1.82) is 0 Å². The molecule has 106 valence electrons. The molecule has 0 atom stereocenters. The summed E-state index contributed by atoms with van der Waals surface area (Å²) in [5.41, 5.74) is -5.45. The van der Waals surface area contributed by atoms with Gasteiger partial charge in [-0.25, -0.2) is 4.72 Å². The molecule has 0 spiro atoms. The molecule has 0 aromatic heterocycles. The first-order chi connectivity index (χ1) is 8.20. The Hall–Kier alpha value is -1.05. The molecule has 0 aromatic carbocycles. The summed E-state index contributed by atoms with van der Waals surface area (Å²) in [4.78, 5) is 11.0. The first-order valence-corrected chi connectivity index (χ1v) is 6.92. The molecule has 0 radical (unpaired) electrons. The Morgan fingerprint density at radius 2 is 1.72 bits per heavy atom. The van der Waals surface area contributed by atoms with E-state index in [0.29, 0.717) is 12.8 Å². The summed E-state index contributed by atoms with van der Waals surface area (Å²) in [6, 6.07) is 0. The Morgan fingerprint density at radius 1 is 1.17 bits per heavy atom. The van der Waals surface area contributed by atoms with Crippen molar-refractivity contribution in [3.8, 4) is 0 Å². The Kier molecular flexibility index (Phi) is 6.97. The molecule has 0 saturated heterocycles. The smallest absolute Gasteiger partial charge is 0.274 e. The second-order valence-corrected chi connectivity index (χ2v) is 5.39. The van der Waals surface area contributed by atoms with Crippen molar-refractivity contribution in [2.24, 2.45) is 0 Å². The van der Waals surface area contributed by atoms with Crippen molar-refractivity contribution >= 4 is 15.9 Å². The maximum atomic E-state index is 11.9. The van der Waals surface area contributed by atoms with Crippen LogP contribution < -0.4 is 4.72 Å². The average molecular weight is 287 g/mol. The molecule has 18 heavy (non-hydrogen) atoms. The molecule has 0 aliphatic carbocycles. The summed E-state index contributed by atoms with van der Waals surface area (Å²) >= 11 is 0. The molecule has 0 bridgehead atoms. The van der Waals surface area contributed by atoms with Gasteiger partial charge in [0.05, 0.1) is 0 Å². The van der Waals surface area contributed by atoms with E-state index in [4.69, 9.17) is 0 Å². The molecule has 0 aliphatic heterocycles. The van der Waals surface area contributed by atoms with Crippen molar-refractivity contribution in [1.82, 2.24) is 4.72 Å². The Bertz CT molecular complexity index is 376. The SMILES string of the molecule is C=CCCCCCCC(=O)NS(=O)(=O)C(F)(F)F. The highest BCUT2D eigenvalue weighted by Gasteiger charge is 2.46. The van der Waals surface area contributed by atoms with E-state index in [9.17, 15) is 26.4 Å². The van der Waals surface area contributed by atoms with Crippen LogP contribution in [-0.2, 0) is 14.8 Å². The fourth-order valence-corrected chi connectivity index (χ4v) is 1.70. The van der Waals surface area contributed by atoms with E-state index >= 15 is 0 Å². The van der Waals surface area contributed by atoms with Crippen LogP contribution >= 0.6 is 0 Å². The lowest BCUT2D eigenvalue weighted by atomic mass is 10.1. The topological polar surface area (TPSA) is 63.2 Å². The highest BCUT2D eigenvalue weighted by molar-refractivity contribution is 7.90. The number of rotatable bonds is 8. The Labute approximate surface area is 104 Å². The summed E-state index contributed by atoms with van der Waals surface area (Å²) in [7, 11) is -5.56. The molecule has 0 heterocycles. The number of carbonyl (C=O) groups excluding carboxylic acids is 1. The molecule has 1 amide bonds. The lowest BCUT2D eigenvalue weighted by Gasteiger charge is -2.09. The number of amides is 1. The predicted octanol–water partition coefficient (Wildman–Crippen LogP) is 2.48. The van der Waals surface area contributed by atoms with Gasteiger partial charge in [0.25, 0.3) is 0 Å². The maximum Gasteiger partial charge on any atom is 0.516 e. The summed E-state index contributed by atoms with van der Waals surface area (Å²) in [6.45, 7) is 3.53. The molecule has 0 rings (SSSR count). The van der Waals surface area contributed by atoms with E-state index in [2.05, 4.69) is 6.58 Å². The molecule has 0 aromatic rings. The zero-order chi connectivity index (χ0) is 14.2. The number of hydrogen-bond donors (Lipinski definition) is 1. The monoisotopic (exact) mass is 287 g/mol. The van der Waals surface area contributed by atoms with Crippen LogP contribution in [0.4, 0.5) is 13.2 Å². The first-order valence-electron chi connectivity index (χ1n) is 5.43. The second kappa shape index (κ2) is 7.40. The van der Waals surface area contributed by atoms with Crippen molar-refractivity contribution in [3.05, 3.63) is 12.7 Å². The zero-order valence-electron chi connectivity index (χ0n) is 9.79. The van der Waals surface area contributed by atoms with Gasteiger partial charge in [0.2, 0.25) is 5.91 Å². The average Bonchev–Trinajstić information content (AvgIpc) is 2.20. The van der Waals surface area contributed by atoms with Crippen LogP contribution in [0, 0.1) is 0 Å². The molecule has 1 N–H and O–H groups in total. The van der Waals surface area contributed by atoms with Gasteiger partial charge in [-0.2, -0.15) is 21.6 Å². The molecular formula is C10H16F3NO3S. The fourth-order valence-electron chi connectivity index (χ4n) is 1.19. The number of alkyl halides is 3. The summed E-state index contributed by atoms with van der Waals surface area (Å²) in [6.07, 6.45) is 5.10. The number of unbranched alkanes of at least 4 members (excludes halogenated alkanes) is 4. The van der Waals surface area contributed by atoms with E-state index in [-0.39, 0.29) is 6.42 Å². The highest BCUT2D eigenvalue weighted by Crippen LogP contribution is 2.21. The van der Waals surface area contributed by atoms with Gasteiger partial charge < -0.3 is 0 Å². The first kappa shape index (κ1) is 16.9. The standard InChI is InChI=1S/C10H16F3NO3S/c1-2-3-4-5-6-7-8-9(15)14-18(16,17)10(11,12)13/h2H,1,3-8H2,(H,14,15). The lowest BCUT2D eigenvalue weighted by molar-refractivity contribution is -0.120. The van der Waals surface area contributed by atoms with Crippen LogP contribution in [0.2, 0.25) is 0 Å². The molecule has 0 saturated carbocycles. The summed E-state index contributed by atoms with van der Waals surface area (Å²) in [5, 5.41) is 0. The van der Waals surface area contributed by atoms with Crippen molar-refractivity contribution in [2.75, 3.05) is 0 Å². The fraction of sp³-hybridized carbons (Fsp3) is 0.700. The van der Waals surface area contributed by atoms with Crippen LogP contribution in [0.5, 0.6) is 0 Å². The number of sulfonamides is 1. The number of allylic oxidation sites excluding steroid dienone is 1. The molecule has 0 unspecified atom stereocenters. The van der Waals surface area contributed by atoms with Gasteiger partial charge in [0, 0.05) is 6.42 Å². The minimum absolute atomic E-state index is 0.233. The van der Waals surface area contributed by atoms with Gasteiger partial charge >= 0.3 is 15.5 Å². The van der Waals surface area contributed by atoms with E-state index in [1.54, 1.807) is 6.08 Å². The van der Waals surface area contributed by atoms with Crippen LogP contribution in [0.25, 0.3) is 0 Å². The van der Waals surface area contributed by atoms with Gasteiger partial charge in [0.15, 0.2) is 0 Å². The van der Waals surface area contributed by atoms with Gasteiger partial charge in [-0.1, -0.05) is 18.9 Å². The van der Waals surface area contributed by atoms with E-state index in [1.807, 2.05) is 0 Å². The van der Waals surface area contributed by atoms with Gasteiger partial charge in [-0.3, -0.25) is 4.79 Å². The van der Waals surface area contributed by atoms with Crippen molar-refractivity contribution in [2.45, 2.75) is 44.0 Å². The van der Waals surface area contributed by atoms with E-state index < -0.39 is 21.4 Å². The number of halogens is 3. The van der Waals surface area contributed by atoms with Crippen molar-refractivity contribution in [3.63, 3.8) is 0 Å². The highest BCUT2D eigenvalue weighted by atomic mass is 32.2.